The first-order chi connectivity index (χ1) is 11.1. The maximum absolute atomic E-state index is 12.2. The van der Waals surface area contributed by atoms with Crippen LogP contribution >= 0.6 is 11.3 Å². The van der Waals surface area contributed by atoms with E-state index < -0.39 is 5.60 Å². The van der Waals surface area contributed by atoms with Gasteiger partial charge in [-0.15, -0.1) is 11.3 Å². The third kappa shape index (κ3) is 4.12. The van der Waals surface area contributed by atoms with Crippen molar-refractivity contribution in [2.24, 2.45) is 5.92 Å². The average Bonchev–Trinajstić information content (AvgIpc) is 3.23. The van der Waals surface area contributed by atoms with Gasteiger partial charge in [-0.3, -0.25) is 0 Å². The SMILES string of the molecule is CC(O)(CNC(=O)NC(c1ccccc1)C1CC1)c1cccs1. The number of benzene rings is 1. The van der Waals surface area contributed by atoms with Crippen molar-refractivity contribution in [3.05, 3.63) is 58.3 Å². The fraction of sp³-hybridized carbons (Fsp3) is 0.389. The van der Waals surface area contributed by atoms with E-state index in [1.807, 2.05) is 47.8 Å². The number of carbonyl (C=O) groups excluding carboxylic acids is 1. The number of hydrogen-bond acceptors (Lipinski definition) is 3. The first kappa shape index (κ1) is 16.0. The van der Waals surface area contributed by atoms with E-state index in [0.717, 1.165) is 23.3 Å². The first-order valence-electron chi connectivity index (χ1n) is 7.92. The largest absolute Gasteiger partial charge is 0.383 e. The molecule has 3 N–H and O–H groups in total. The number of nitrogens with one attached hydrogen (secondary N) is 2. The average molecular weight is 330 g/mol. The standard InChI is InChI=1S/C18H22N2O2S/c1-18(22,15-8-5-11-23-15)12-19-17(21)20-16(14-9-10-14)13-6-3-2-4-7-13/h2-8,11,14,16,22H,9-10,12H2,1H3,(H2,19,20,21). The summed E-state index contributed by atoms with van der Waals surface area (Å²) in [7, 11) is 0. The van der Waals surface area contributed by atoms with Gasteiger partial charge in [0.2, 0.25) is 0 Å². The molecule has 0 radical (unpaired) electrons. The summed E-state index contributed by atoms with van der Waals surface area (Å²) in [5.41, 5.74) is 0.0861. The van der Waals surface area contributed by atoms with Gasteiger partial charge in [-0.2, -0.15) is 0 Å². The molecule has 1 aromatic carbocycles. The van der Waals surface area contributed by atoms with E-state index in [4.69, 9.17) is 0 Å². The lowest BCUT2D eigenvalue weighted by Gasteiger charge is -2.24. The number of aliphatic hydroxyl groups is 1. The van der Waals surface area contributed by atoms with Crippen molar-refractivity contribution in [3.8, 4) is 0 Å². The highest BCUT2D eigenvalue weighted by Crippen LogP contribution is 2.40. The van der Waals surface area contributed by atoms with Crippen molar-refractivity contribution in [3.63, 3.8) is 0 Å². The summed E-state index contributed by atoms with van der Waals surface area (Å²) in [6.45, 7) is 1.90. The van der Waals surface area contributed by atoms with E-state index in [0.29, 0.717) is 5.92 Å². The van der Waals surface area contributed by atoms with Gasteiger partial charge in [0.15, 0.2) is 0 Å². The smallest absolute Gasteiger partial charge is 0.315 e. The van der Waals surface area contributed by atoms with Crippen LogP contribution in [-0.4, -0.2) is 17.7 Å². The van der Waals surface area contributed by atoms with Gasteiger partial charge in [0.05, 0.1) is 12.6 Å². The summed E-state index contributed by atoms with van der Waals surface area (Å²) in [5, 5.41) is 18.2. The second-order valence-corrected chi connectivity index (χ2v) is 7.25. The number of hydrogen-bond donors (Lipinski definition) is 3. The van der Waals surface area contributed by atoms with Gasteiger partial charge in [-0.1, -0.05) is 36.4 Å². The maximum Gasteiger partial charge on any atom is 0.315 e. The third-order valence-electron chi connectivity index (χ3n) is 4.18. The monoisotopic (exact) mass is 330 g/mol. The molecule has 0 bridgehead atoms. The topological polar surface area (TPSA) is 61.4 Å². The number of rotatable bonds is 6. The summed E-state index contributed by atoms with van der Waals surface area (Å²) < 4.78 is 0. The molecule has 0 aliphatic heterocycles. The Morgan fingerprint density at radius 1 is 1.30 bits per heavy atom. The van der Waals surface area contributed by atoms with Gasteiger partial charge in [-0.05, 0) is 42.7 Å². The predicted octanol–water partition coefficient (Wildman–Crippen LogP) is 3.41. The van der Waals surface area contributed by atoms with Gasteiger partial charge < -0.3 is 15.7 Å². The maximum atomic E-state index is 12.2. The lowest BCUT2D eigenvalue weighted by Crippen LogP contribution is -2.44. The van der Waals surface area contributed by atoms with Crippen LogP contribution in [0.3, 0.4) is 0 Å². The molecule has 2 amide bonds. The lowest BCUT2D eigenvalue weighted by atomic mass is 10.0. The predicted molar refractivity (Wildman–Crippen MR) is 92.3 cm³/mol. The highest BCUT2D eigenvalue weighted by atomic mass is 32.1. The minimum atomic E-state index is -1.05. The molecule has 23 heavy (non-hydrogen) atoms. The van der Waals surface area contributed by atoms with Crippen LogP contribution in [-0.2, 0) is 5.60 Å². The van der Waals surface area contributed by atoms with Crippen LogP contribution in [0.1, 0.15) is 36.2 Å². The summed E-state index contributed by atoms with van der Waals surface area (Å²) in [6, 6.07) is 13.6. The van der Waals surface area contributed by atoms with Gasteiger partial charge >= 0.3 is 6.03 Å². The molecule has 2 aromatic rings. The molecule has 1 aliphatic carbocycles. The van der Waals surface area contributed by atoms with E-state index in [-0.39, 0.29) is 18.6 Å². The third-order valence-corrected chi connectivity index (χ3v) is 5.31. The van der Waals surface area contributed by atoms with Gasteiger partial charge in [0.1, 0.15) is 5.60 Å². The molecule has 1 saturated carbocycles. The second-order valence-electron chi connectivity index (χ2n) is 6.30. The molecular formula is C18H22N2O2S. The lowest BCUT2D eigenvalue weighted by molar-refractivity contribution is 0.0630. The minimum absolute atomic E-state index is 0.0443. The molecule has 1 fully saturated rings. The Kier molecular flexibility index (Phi) is 4.68. The van der Waals surface area contributed by atoms with Crippen molar-refractivity contribution in [2.75, 3.05) is 6.54 Å². The Hall–Kier alpha value is -1.85. The zero-order valence-electron chi connectivity index (χ0n) is 13.2. The van der Waals surface area contributed by atoms with E-state index >= 15 is 0 Å². The Morgan fingerprint density at radius 2 is 2.04 bits per heavy atom. The van der Waals surface area contributed by atoms with E-state index in [1.54, 1.807) is 6.92 Å². The number of carbonyl (C=O) groups is 1. The van der Waals surface area contributed by atoms with E-state index in [2.05, 4.69) is 10.6 Å². The zero-order chi connectivity index (χ0) is 16.3. The second kappa shape index (κ2) is 6.72. The quantitative estimate of drug-likeness (QED) is 0.760. The van der Waals surface area contributed by atoms with Crippen LogP contribution in [0.2, 0.25) is 0 Å². The molecule has 1 aliphatic rings. The number of urea groups is 1. The van der Waals surface area contributed by atoms with Crippen LogP contribution < -0.4 is 10.6 Å². The normalized spacial score (nSPS) is 18.0. The highest BCUT2D eigenvalue weighted by Gasteiger charge is 2.33. The van der Waals surface area contributed by atoms with Gasteiger partial charge in [-0.25, -0.2) is 4.79 Å². The van der Waals surface area contributed by atoms with Crippen molar-refractivity contribution in [2.45, 2.75) is 31.4 Å². The summed E-state index contributed by atoms with van der Waals surface area (Å²) in [5.74, 6) is 0.515. The summed E-state index contributed by atoms with van der Waals surface area (Å²) in [6.07, 6.45) is 2.29. The van der Waals surface area contributed by atoms with E-state index in [9.17, 15) is 9.90 Å². The molecule has 3 rings (SSSR count). The minimum Gasteiger partial charge on any atom is -0.383 e. The van der Waals surface area contributed by atoms with Crippen LogP contribution in [0, 0.1) is 5.92 Å². The molecule has 122 valence electrons. The summed E-state index contributed by atoms with van der Waals surface area (Å²) >= 11 is 1.49. The Morgan fingerprint density at radius 3 is 2.65 bits per heavy atom. The van der Waals surface area contributed by atoms with Gasteiger partial charge in [0, 0.05) is 4.88 Å². The van der Waals surface area contributed by atoms with Crippen molar-refractivity contribution in [1.82, 2.24) is 10.6 Å². The molecule has 1 aromatic heterocycles. The van der Waals surface area contributed by atoms with Gasteiger partial charge in [0.25, 0.3) is 0 Å². The van der Waals surface area contributed by atoms with Crippen LogP contribution in [0.5, 0.6) is 0 Å². The van der Waals surface area contributed by atoms with Crippen molar-refractivity contribution >= 4 is 17.4 Å². The fourth-order valence-electron chi connectivity index (χ4n) is 2.68. The first-order valence-corrected chi connectivity index (χ1v) is 8.80. The molecule has 4 nitrogen and oxygen atoms in total. The van der Waals surface area contributed by atoms with Crippen LogP contribution in [0.25, 0.3) is 0 Å². The molecular weight excluding hydrogens is 308 g/mol. The van der Waals surface area contributed by atoms with Crippen LogP contribution in [0.4, 0.5) is 4.79 Å². The molecule has 0 spiro atoms. The fourth-order valence-corrected chi connectivity index (χ4v) is 3.47. The zero-order valence-corrected chi connectivity index (χ0v) is 14.0. The highest BCUT2D eigenvalue weighted by molar-refractivity contribution is 7.10. The molecule has 2 atom stereocenters. The molecule has 0 saturated heterocycles. The van der Waals surface area contributed by atoms with Crippen molar-refractivity contribution in [1.29, 1.82) is 0 Å². The number of amides is 2. The Labute approximate surface area is 140 Å². The molecule has 2 unspecified atom stereocenters. The van der Waals surface area contributed by atoms with E-state index in [1.165, 1.54) is 11.3 Å². The molecule has 5 heteroatoms. The summed E-state index contributed by atoms with van der Waals surface area (Å²) in [4.78, 5) is 13.1. The Bertz CT molecular complexity index is 636. The number of thiophene rings is 1. The Balaban J connectivity index is 1.58. The van der Waals surface area contributed by atoms with Crippen LogP contribution in [0.15, 0.2) is 47.8 Å². The molecule has 1 heterocycles. The van der Waals surface area contributed by atoms with Crippen molar-refractivity contribution < 1.29 is 9.90 Å².